The number of amides is 1. The molecule has 2 aromatic rings. The third kappa shape index (κ3) is 4.34. The van der Waals surface area contributed by atoms with Gasteiger partial charge in [0.2, 0.25) is 0 Å². The highest BCUT2D eigenvalue weighted by atomic mass is 16.5. The Morgan fingerprint density at radius 2 is 1.89 bits per heavy atom. The van der Waals surface area contributed by atoms with Crippen molar-refractivity contribution in [1.82, 2.24) is 4.90 Å². The van der Waals surface area contributed by atoms with Crippen molar-refractivity contribution in [1.29, 1.82) is 0 Å². The average molecular weight is 370 g/mol. The van der Waals surface area contributed by atoms with E-state index in [1.807, 2.05) is 30.3 Å². The van der Waals surface area contributed by atoms with Crippen LogP contribution in [-0.2, 0) is 16.8 Å². The van der Waals surface area contributed by atoms with E-state index in [0.717, 1.165) is 24.2 Å². The summed E-state index contributed by atoms with van der Waals surface area (Å²) in [6.07, 6.45) is 0.608. The molecule has 1 heterocycles. The monoisotopic (exact) mass is 370 g/mol. The van der Waals surface area contributed by atoms with E-state index < -0.39 is 6.09 Å². The largest absolute Gasteiger partial charge is 0.496 e. The molecule has 1 aliphatic heterocycles. The van der Waals surface area contributed by atoms with Crippen LogP contribution in [0.15, 0.2) is 48.5 Å². The Labute approximate surface area is 159 Å². The molecule has 2 aromatic carbocycles. The van der Waals surface area contributed by atoms with E-state index in [0.29, 0.717) is 32.0 Å². The lowest BCUT2D eigenvalue weighted by Gasteiger charge is -2.41. The van der Waals surface area contributed by atoms with Gasteiger partial charge in [-0.2, -0.15) is 0 Å². The Hall–Kier alpha value is -2.73. The number of nitrogens with two attached hydrogens (primary N) is 1. The smallest absolute Gasteiger partial charge is 0.407 e. The quantitative estimate of drug-likeness (QED) is 0.760. The summed E-state index contributed by atoms with van der Waals surface area (Å²) in [6, 6.07) is 15.7. The third-order valence-corrected chi connectivity index (χ3v) is 5.32. The Morgan fingerprint density at radius 3 is 2.52 bits per heavy atom. The summed E-state index contributed by atoms with van der Waals surface area (Å²) in [5.41, 5.74) is 8.46. The van der Waals surface area contributed by atoms with Crippen LogP contribution in [0.3, 0.4) is 0 Å². The van der Waals surface area contributed by atoms with Crippen LogP contribution in [0, 0.1) is 0 Å². The van der Waals surface area contributed by atoms with Crippen molar-refractivity contribution in [2.75, 3.05) is 32.5 Å². The SMILES string of the molecule is COc1ccc(N)cc1COCC1(c2ccccc2)CCN(C(=O)O)CC1. The summed E-state index contributed by atoms with van der Waals surface area (Å²) in [6.45, 7) is 1.93. The minimum Gasteiger partial charge on any atom is -0.496 e. The molecule has 1 aliphatic rings. The number of methoxy groups -OCH3 is 1. The molecule has 1 saturated heterocycles. The summed E-state index contributed by atoms with van der Waals surface area (Å²) in [5.74, 6) is 0.749. The van der Waals surface area contributed by atoms with Gasteiger partial charge >= 0.3 is 6.09 Å². The van der Waals surface area contributed by atoms with Gasteiger partial charge in [0.25, 0.3) is 0 Å². The molecular formula is C21H26N2O4. The van der Waals surface area contributed by atoms with Gasteiger partial charge in [0.15, 0.2) is 0 Å². The second-order valence-corrected chi connectivity index (χ2v) is 6.98. The maximum absolute atomic E-state index is 11.3. The number of ether oxygens (including phenoxy) is 2. The lowest BCUT2D eigenvalue weighted by Crippen LogP contribution is -2.47. The molecule has 6 nitrogen and oxygen atoms in total. The Balaban J connectivity index is 1.74. The summed E-state index contributed by atoms with van der Waals surface area (Å²) in [5, 5.41) is 9.26. The zero-order valence-corrected chi connectivity index (χ0v) is 15.6. The number of piperidine rings is 1. The van der Waals surface area contributed by atoms with Crippen molar-refractivity contribution in [3.05, 3.63) is 59.7 Å². The van der Waals surface area contributed by atoms with Crippen LogP contribution in [-0.4, -0.2) is 42.9 Å². The first-order chi connectivity index (χ1) is 13.0. The van der Waals surface area contributed by atoms with Crippen LogP contribution >= 0.6 is 0 Å². The zero-order chi connectivity index (χ0) is 19.3. The standard InChI is InChI=1S/C21H26N2O4/c1-26-19-8-7-18(22)13-16(19)14-27-15-21(17-5-3-2-4-6-17)9-11-23(12-10-21)20(24)25/h2-8,13H,9-12,14-15,22H2,1H3,(H,24,25). The average Bonchev–Trinajstić information content (AvgIpc) is 2.69. The predicted octanol–water partition coefficient (Wildman–Crippen LogP) is 3.51. The van der Waals surface area contributed by atoms with Gasteiger partial charge in [-0.05, 0) is 36.6 Å². The van der Waals surface area contributed by atoms with Crippen LogP contribution in [0.2, 0.25) is 0 Å². The maximum atomic E-state index is 11.3. The normalized spacial score (nSPS) is 16.1. The first kappa shape index (κ1) is 19.0. The molecule has 0 saturated carbocycles. The van der Waals surface area contributed by atoms with E-state index in [1.165, 1.54) is 10.5 Å². The van der Waals surface area contributed by atoms with Crippen LogP contribution in [0.1, 0.15) is 24.0 Å². The summed E-state index contributed by atoms with van der Waals surface area (Å²) in [7, 11) is 1.63. The summed E-state index contributed by atoms with van der Waals surface area (Å²) in [4.78, 5) is 12.7. The first-order valence-electron chi connectivity index (χ1n) is 9.08. The Kier molecular flexibility index (Phi) is 5.86. The van der Waals surface area contributed by atoms with Crippen LogP contribution in [0.5, 0.6) is 5.75 Å². The topological polar surface area (TPSA) is 85.0 Å². The number of likely N-dealkylation sites (tertiary alicyclic amines) is 1. The number of anilines is 1. The van der Waals surface area contributed by atoms with Crippen LogP contribution in [0.25, 0.3) is 0 Å². The molecular weight excluding hydrogens is 344 g/mol. The fourth-order valence-electron chi connectivity index (χ4n) is 3.70. The van der Waals surface area contributed by atoms with Crippen molar-refractivity contribution in [3.8, 4) is 5.75 Å². The van der Waals surface area contributed by atoms with Gasteiger partial charge in [0.1, 0.15) is 5.75 Å². The van der Waals surface area contributed by atoms with E-state index in [-0.39, 0.29) is 5.41 Å². The lowest BCUT2D eigenvalue weighted by atomic mass is 9.73. The molecule has 3 N–H and O–H groups in total. The number of nitrogen functional groups attached to an aromatic ring is 1. The zero-order valence-electron chi connectivity index (χ0n) is 15.6. The van der Waals surface area contributed by atoms with Crippen LogP contribution < -0.4 is 10.5 Å². The lowest BCUT2D eigenvalue weighted by molar-refractivity contribution is 0.0362. The van der Waals surface area contributed by atoms with Crippen molar-refractivity contribution in [2.45, 2.75) is 24.9 Å². The third-order valence-electron chi connectivity index (χ3n) is 5.32. The highest BCUT2D eigenvalue weighted by molar-refractivity contribution is 5.65. The first-order valence-corrected chi connectivity index (χ1v) is 9.08. The molecule has 27 heavy (non-hydrogen) atoms. The Bertz CT molecular complexity index is 771. The Morgan fingerprint density at radius 1 is 1.19 bits per heavy atom. The fourth-order valence-corrected chi connectivity index (χ4v) is 3.70. The second kappa shape index (κ2) is 8.31. The molecule has 1 amide bonds. The van der Waals surface area contributed by atoms with Crippen molar-refractivity contribution in [2.24, 2.45) is 0 Å². The molecule has 0 spiro atoms. The summed E-state index contributed by atoms with van der Waals surface area (Å²) >= 11 is 0. The minimum absolute atomic E-state index is 0.194. The van der Waals surface area contributed by atoms with Crippen molar-refractivity contribution >= 4 is 11.8 Å². The molecule has 0 radical (unpaired) electrons. The number of carboxylic acid groups (broad SMARTS) is 1. The number of rotatable bonds is 6. The molecule has 0 unspecified atom stereocenters. The number of nitrogens with zero attached hydrogens (tertiary/aromatic N) is 1. The van der Waals surface area contributed by atoms with Gasteiger partial charge in [-0.25, -0.2) is 4.79 Å². The summed E-state index contributed by atoms with van der Waals surface area (Å²) < 4.78 is 11.5. The van der Waals surface area contributed by atoms with Crippen molar-refractivity contribution < 1.29 is 19.4 Å². The number of hydrogen-bond acceptors (Lipinski definition) is 4. The highest BCUT2D eigenvalue weighted by Crippen LogP contribution is 2.36. The van der Waals surface area contributed by atoms with E-state index in [9.17, 15) is 9.90 Å². The van der Waals surface area contributed by atoms with Gasteiger partial charge in [0.05, 0.1) is 20.3 Å². The fraction of sp³-hybridized carbons (Fsp3) is 0.381. The molecule has 3 rings (SSSR count). The van der Waals surface area contributed by atoms with Gasteiger partial charge < -0.3 is 25.2 Å². The molecule has 6 heteroatoms. The van der Waals surface area contributed by atoms with Crippen molar-refractivity contribution in [3.63, 3.8) is 0 Å². The van der Waals surface area contributed by atoms with E-state index in [1.54, 1.807) is 13.2 Å². The van der Waals surface area contributed by atoms with Gasteiger partial charge in [0, 0.05) is 29.8 Å². The maximum Gasteiger partial charge on any atom is 0.407 e. The van der Waals surface area contributed by atoms with E-state index in [2.05, 4.69) is 12.1 Å². The van der Waals surface area contributed by atoms with Gasteiger partial charge in [-0.15, -0.1) is 0 Å². The minimum atomic E-state index is -0.859. The molecule has 0 aliphatic carbocycles. The van der Waals surface area contributed by atoms with Crippen LogP contribution in [0.4, 0.5) is 10.5 Å². The van der Waals surface area contributed by atoms with Gasteiger partial charge in [-0.3, -0.25) is 0 Å². The highest BCUT2D eigenvalue weighted by Gasteiger charge is 2.37. The molecule has 0 aromatic heterocycles. The number of carbonyl (C=O) groups is 1. The molecule has 1 fully saturated rings. The van der Waals surface area contributed by atoms with Gasteiger partial charge in [-0.1, -0.05) is 30.3 Å². The molecule has 0 atom stereocenters. The second-order valence-electron chi connectivity index (χ2n) is 6.98. The molecule has 0 bridgehead atoms. The number of hydrogen-bond donors (Lipinski definition) is 2. The van der Waals surface area contributed by atoms with E-state index >= 15 is 0 Å². The molecule has 144 valence electrons. The van der Waals surface area contributed by atoms with E-state index in [4.69, 9.17) is 15.2 Å². The predicted molar refractivity (Wildman–Crippen MR) is 104 cm³/mol. The number of benzene rings is 2.